The number of alkyl halides is 3. The summed E-state index contributed by atoms with van der Waals surface area (Å²) in [5, 5.41) is 11.0. The van der Waals surface area contributed by atoms with E-state index in [1.54, 1.807) is 6.20 Å². The summed E-state index contributed by atoms with van der Waals surface area (Å²) in [5.41, 5.74) is 0.957. The highest BCUT2D eigenvalue weighted by Crippen LogP contribution is 2.32. The molecule has 0 saturated heterocycles. The van der Waals surface area contributed by atoms with Crippen molar-refractivity contribution in [1.29, 1.82) is 0 Å². The zero-order valence-electron chi connectivity index (χ0n) is 11.1. The first-order valence-corrected chi connectivity index (χ1v) is 7.15. The van der Waals surface area contributed by atoms with Crippen LogP contribution in [0.15, 0.2) is 64.6 Å². The van der Waals surface area contributed by atoms with Gasteiger partial charge in [-0.2, -0.15) is 23.5 Å². The molecule has 0 amide bonds. The first kappa shape index (κ1) is 14.6. The lowest BCUT2D eigenvalue weighted by molar-refractivity contribution is -0.137. The fourth-order valence-electron chi connectivity index (χ4n) is 1.93. The number of hydrogen-bond acceptors (Lipinski definition) is 3. The molecule has 2 aromatic carbocycles. The fraction of sp³-hybridized carbons (Fsp3) is 0.0667. The van der Waals surface area contributed by atoms with Crippen LogP contribution >= 0.6 is 11.8 Å². The average molecular weight is 321 g/mol. The topological polar surface area (TPSA) is 41.6 Å². The molecule has 22 heavy (non-hydrogen) atoms. The van der Waals surface area contributed by atoms with Gasteiger partial charge in [0.15, 0.2) is 0 Å². The van der Waals surface area contributed by atoms with Crippen LogP contribution in [0.4, 0.5) is 13.2 Å². The van der Waals surface area contributed by atoms with Gasteiger partial charge < -0.3 is 0 Å². The third kappa shape index (κ3) is 3.30. The quantitative estimate of drug-likeness (QED) is 0.764. The van der Waals surface area contributed by atoms with Crippen LogP contribution in [-0.2, 0) is 6.18 Å². The first-order valence-electron chi connectivity index (χ1n) is 6.34. The molecular formula is C15H10F3N3S. The highest BCUT2D eigenvalue weighted by molar-refractivity contribution is 7.99. The Morgan fingerprint density at radius 2 is 1.45 bits per heavy atom. The van der Waals surface area contributed by atoms with E-state index < -0.39 is 11.7 Å². The molecule has 3 nitrogen and oxygen atoms in total. The summed E-state index contributed by atoms with van der Waals surface area (Å²) >= 11 is 1.45. The third-order valence-electron chi connectivity index (χ3n) is 3.02. The summed E-state index contributed by atoms with van der Waals surface area (Å²) in [4.78, 5) is 0.976. The maximum absolute atomic E-state index is 12.5. The van der Waals surface area contributed by atoms with E-state index in [1.165, 1.54) is 23.9 Å². The number of nitrogens with zero attached hydrogens (tertiary/aromatic N) is 2. The van der Waals surface area contributed by atoms with Crippen molar-refractivity contribution < 1.29 is 13.2 Å². The molecule has 0 atom stereocenters. The Labute approximate surface area is 128 Å². The number of aromatic amines is 1. The molecule has 7 heteroatoms. The Kier molecular flexibility index (Phi) is 3.89. The van der Waals surface area contributed by atoms with Crippen LogP contribution in [0.2, 0.25) is 0 Å². The molecule has 112 valence electrons. The van der Waals surface area contributed by atoms with Gasteiger partial charge in [0, 0.05) is 4.90 Å². The number of hydrogen-bond donors (Lipinski definition) is 1. The molecule has 0 aliphatic heterocycles. The van der Waals surface area contributed by atoms with Crippen molar-refractivity contribution in [2.45, 2.75) is 16.1 Å². The molecule has 0 aliphatic rings. The summed E-state index contributed by atoms with van der Waals surface area (Å²) in [7, 11) is 0. The summed E-state index contributed by atoms with van der Waals surface area (Å²) in [6, 6.07) is 12.7. The van der Waals surface area contributed by atoms with Gasteiger partial charge >= 0.3 is 6.18 Å². The van der Waals surface area contributed by atoms with E-state index in [4.69, 9.17) is 0 Å². The second-order valence-electron chi connectivity index (χ2n) is 4.51. The molecule has 3 aromatic rings. The minimum atomic E-state index is -4.31. The van der Waals surface area contributed by atoms with E-state index in [0.29, 0.717) is 0 Å². The minimum Gasteiger partial charge on any atom is -0.197 e. The number of halogens is 3. The maximum atomic E-state index is 12.5. The molecule has 0 unspecified atom stereocenters. The number of nitrogens with one attached hydrogen (secondary N) is 1. The fourth-order valence-corrected chi connectivity index (χ4v) is 2.63. The van der Waals surface area contributed by atoms with Gasteiger partial charge in [-0.1, -0.05) is 36.0 Å². The van der Waals surface area contributed by atoms with Crippen molar-refractivity contribution in [2.75, 3.05) is 0 Å². The van der Waals surface area contributed by atoms with E-state index in [1.807, 2.05) is 24.3 Å². The van der Waals surface area contributed by atoms with Crippen LogP contribution in [0, 0.1) is 0 Å². The van der Waals surface area contributed by atoms with Crippen LogP contribution < -0.4 is 0 Å². The van der Waals surface area contributed by atoms with E-state index in [9.17, 15) is 13.2 Å². The van der Waals surface area contributed by atoms with E-state index in [-0.39, 0.29) is 0 Å². The molecule has 0 bridgehead atoms. The van der Waals surface area contributed by atoms with Crippen molar-refractivity contribution in [3.8, 4) is 11.1 Å². The Morgan fingerprint density at radius 1 is 0.864 bits per heavy atom. The lowest BCUT2D eigenvalue weighted by atomic mass is 10.0. The minimum absolute atomic E-state index is 0.644. The molecule has 0 fully saturated rings. The lowest BCUT2D eigenvalue weighted by Crippen LogP contribution is -2.03. The van der Waals surface area contributed by atoms with Crippen LogP contribution in [0.5, 0.6) is 0 Å². The predicted molar refractivity (Wildman–Crippen MR) is 77.4 cm³/mol. The van der Waals surface area contributed by atoms with E-state index in [2.05, 4.69) is 15.4 Å². The third-order valence-corrected chi connectivity index (χ3v) is 3.93. The molecule has 0 spiro atoms. The SMILES string of the molecule is FC(F)(F)c1ccc(-c2ccc(Sc3cn[nH]n3)cc2)cc1. The highest BCUT2D eigenvalue weighted by Gasteiger charge is 2.29. The summed E-state index contributed by atoms with van der Waals surface area (Å²) in [5.74, 6) is 0. The van der Waals surface area contributed by atoms with Gasteiger partial charge in [0.1, 0.15) is 5.03 Å². The van der Waals surface area contributed by atoms with Gasteiger partial charge in [-0.05, 0) is 35.4 Å². The Bertz CT molecular complexity index is 735. The van der Waals surface area contributed by atoms with E-state index in [0.717, 1.165) is 33.2 Å². The van der Waals surface area contributed by atoms with Gasteiger partial charge in [0.25, 0.3) is 0 Å². The van der Waals surface area contributed by atoms with Crippen LogP contribution in [0.25, 0.3) is 11.1 Å². The molecule has 0 aliphatic carbocycles. The van der Waals surface area contributed by atoms with Crippen molar-refractivity contribution in [3.05, 3.63) is 60.3 Å². The van der Waals surface area contributed by atoms with Gasteiger partial charge in [-0.3, -0.25) is 0 Å². The lowest BCUT2D eigenvalue weighted by Gasteiger charge is -2.08. The largest absolute Gasteiger partial charge is 0.416 e. The van der Waals surface area contributed by atoms with Crippen molar-refractivity contribution in [3.63, 3.8) is 0 Å². The number of H-pyrrole nitrogens is 1. The molecule has 0 saturated carbocycles. The van der Waals surface area contributed by atoms with Gasteiger partial charge in [0.05, 0.1) is 11.8 Å². The van der Waals surface area contributed by atoms with Gasteiger partial charge in [0.2, 0.25) is 0 Å². The standard InChI is InChI=1S/C15H10F3N3S/c16-15(17,18)12-5-1-10(2-6-12)11-3-7-13(8-4-11)22-14-9-19-21-20-14/h1-9H,(H,19,20,21). The molecule has 1 N–H and O–H groups in total. The predicted octanol–water partition coefficient (Wildman–Crippen LogP) is 4.64. The van der Waals surface area contributed by atoms with E-state index >= 15 is 0 Å². The highest BCUT2D eigenvalue weighted by atomic mass is 32.2. The zero-order chi connectivity index (χ0) is 15.6. The van der Waals surface area contributed by atoms with Gasteiger partial charge in [-0.15, -0.1) is 5.10 Å². The van der Waals surface area contributed by atoms with Crippen LogP contribution in [0.3, 0.4) is 0 Å². The van der Waals surface area contributed by atoms with Crippen molar-refractivity contribution in [2.24, 2.45) is 0 Å². The average Bonchev–Trinajstić information content (AvgIpc) is 3.00. The zero-order valence-corrected chi connectivity index (χ0v) is 11.9. The molecule has 3 rings (SSSR count). The number of rotatable bonds is 3. The van der Waals surface area contributed by atoms with Crippen molar-refractivity contribution in [1.82, 2.24) is 15.4 Å². The molecular weight excluding hydrogens is 311 g/mol. The normalized spacial score (nSPS) is 11.6. The van der Waals surface area contributed by atoms with Crippen LogP contribution in [0.1, 0.15) is 5.56 Å². The summed E-state index contributed by atoms with van der Waals surface area (Å²) in [6.45, 7) is 0. The summed E-state index contributed by atoms with van der Waals surface area (Å²) in [6.07, 6.45) is -2.69. The molecule has 1 aromatic heterocycles. The Balaban J connectivity index is 1.78. The van der Waals surface area contributed by atoms with Crippen LogP contribution in [-0.4, -0.2) is 15.4 Å². The molecule has 1 heterocycles. The summed E-state index contributed by atoms with van der Waals surface area (Å²) < 4.78 is 37.6. The Hall–Kier alpha value is -2.28. The van der Waals surface area contributed by atoms with Gasteiger partial charge in [-0.25, -0.2) is 0 Å². The number of aromatic nitrogens is 3. The molecule has 0 radical (unpaired) electrons. The smallest absolute Gasteiger partial charge is 0.197 e. The first-order chi connectivity index (χ1) is 10.5. The monoisotopic (exact) mass is 321 g/mol. The second kappa shape index (κ2) is 5.84. The Morgan fingerprint density at radius 3 is 1.95 bits per heavy atom. The number of benzene rings is 2. The van der Waals surface area contributed by atoms with Crippen molar-refractivity contribution >= 4 is 11.8 Å². The second-order valence-corrected chi connectivity index (χ2v) is 5.60. The maximum Gasteiger partial charge on any atom is 0.416 e.